The van der Waals surface area contributed by atoms with Crippen LogP contribution in [0.5, 0.6) is 0 Å². The maximum atomic E-state index is 5.94. The summed E-state index contributed by atoms with van der Waals surface area (Å²) in [5.41, 5.74) is 8.12. The Morgan fingerprint density at radius 1 is 1.77 bits per heavy atom. The second kappa shape index (κ2) is 4.23. The zero-order valence-electron chi connectivity index (χ0n) is 8.33. The third-order valence-corrected chi connectivity index (χ3v) is 2.13. The van der Waals surface area contributed by atoms with Crippen LogP contribution < -0.4 is 5.73 Å². The quantitative estimate of drug-likeness (QED) is 0.713. The first kappa shape index (κ1) is 9.99. The molecule has 2 N–H and O–H groups in total. The Morgan fingerprint density at radius 2 is 2.46 bits per heavy atom. The van der Waals surface area contributed by atoms with Crippen molar-refractivity contribution in [2.24, 2.45) is 12.8 Å². The number of aryl methyl sites for hydroxylation is 2. The normalized spacial score (nSPS) is 12.8. The Balaban J connectivity index is 2.86. The lowest BCUT2D eigenvalue weighted by molar-refractivity contribution is 0.622. The zero-order chi connectivity index (χ0) is 9.84. The van der Waals surface area contributed by atoms with Crippen LogP contribution in [0.3, 0.4) is 0 Å². The molecule has 1 aromatic heterocycles. The van der Waals surface area contributed by atoms with Gasteiger partial charge in [0.05, 0.1) is 17.4 Å². The minimum atomic E-state index is 0.0234. The second-order valence-corrected chi connectivity index (χ2v) is 3.17. The summed E-state index contributed by atoms with van der Waals surface area (Å²) in [7, 11) is 1.93. The van der Waals surface area contributed by atoms with Crippen LogP contribution in [0.2, 0.25) is 0 Å². The molecule has 72 valence electrons. The summed E-state index contributed by atoms with van der Waals surface area (Å²) in [6.45, 7) is 5.76. The summed E-state index contributed by atoms with van der Waals surface area (Å²) in [6, 6.07) is 2.09. The van der Waals surface area contributed by atoms with E-state index in [1.807, 2.05) is 17.8 Å². The average molecular weight is 179 g/mol. The highest BCUT2D eigenvalue weighted by Crippen LogP contribution is 2.15. The van der Waals surface area contributed by atoms with Crippen molar-refractivity contribution in [1.82, 2.24) is 9.78 Å². The lowest BCUT2D eigenvalue weighted by atomic mass is 10.1. The van der Waals surface area contributed by atoms with E-state index in [2.05, 4.69) is 24.7 Å². The van der Waals surface area contributed by atoms with E-state index in [9.17, 15) is 0 Å². The van der Waals surface area contributed by atoms with Crippen LogP contribution in [0.1, 0.15) is 30.8 Å². The Labute approximate surface area is 79.2 Å². The van der Waals surface area contributed by atoms with Crippen LogP contribution in [0.25, 0.3) is 0 Å². The van der Waals surface area contributed by atoms with Crippen molar-refractivity contribution < 1.29 is 0 Å². The Hall–Kier alpha value is -1.09. The first-order chi connectivity index (χ1) is 6.19. The molecule has 0 fully saturated rings. The predicted molar refractivity (Wildman–Crippen MR) is 54.3 cm³/mol. The zero-order valence-corrected chi connectivity index (χ0v) is 8.33. The minimum absolute atomic E-state index is 0.0234. The van der Waals surface area contributed by atoms with Gasteiger partial charge in [-0.25, -0.2) is 0 Å². The average Bonchev–Trinajstić information content (AvgIpc) is 2.47. The third-order valence-electron chi connectivity index (χ3n) is 2.13. The lowest BCUT2D eigenvalue weighted by Crippen LogP contribution is -2.13. The maximum absolute atomic E-state index is 5.94. The fourth-order valence-corrected chi connectivity index (χ4v) is 1.36. The second-order valence-electron chi connectivity index (χ2n) is 3.17. The molecule has 0 aliphatic heterocycles. The topological polar surface area (TPSA) is 43.8 Å². The number of hydrogen-bond acceptors (Lipinski definition) is 2. The molecule has 0 bridgehead atoms. The Kier molecular flexibility index (Phi) is 3.25. The summed E-state index contributed by atoms with van der Waals surface area (Å²) >= 11 is 0. The van der Waals surface area contributed by atoms with Gasteiger partial charge in [0, 0.05) is 7.05 Å². The maximum Gasteiger partial charge on any atom is 0.0625 e. The van der Waals surface area contributed by atoms with Crippen molar-refractivity contribution >= 4 is 0 Å². The van der Waals surface area contributed by atoms with Crippen molar-refractivity contribution in [3.8, 4) is 0 Å². The predicted octanol–water partition coefficient (Wildman–Crippen LogP) is 1.56. The highest BCUT2D eigenvalue weighted by molar-refractivity contribution is 5.14. The molecule has 1 unspecified atom stereocenters. The van der Waals surface area contributed by atoms with Gasteiger partial charge in [0.15, 0.2) is 0 Å². The van der Waals surface area contributed by atoms with E-state index < -0.39 is 0 Å². The molecule has 1 atom stereocenters. The van der Waals surface area contributed by atoms with Crippen LogP contribution in [-0.2, 0) is 13.5 Å². The first-order valence-corrected chi connectivity index (χ1v) is 4.58. The molecule has 0 radical (unpaired) electrons. The van der Waals surface area contributed by atoms with E-state index in [4.69, 9.17) is 5.73 Å². The van der Waals surface area contributed by atoms with Crippen LogP contribution in [-0.4, -0.2) is 9.78 Å². The number of nitrogens with two attached hydrogens (primary N) is 1. The Bertz CT molecular complexity index is 288. The smallest absolute Gasteiger partial charge is 0.0625 e. The molecule has 1 heterocycles. The number of hydrogen-bond donors (Lipinski definition) is 1. The van der Waals surface area contributed by atoms with Gasteiger partial charge in [-0.2, -0.15) is 5.10 Å². The van der Waals surface area contributed by atoms with Crippen molar-refractivity contribution in [2.45, 2.75) is 25.8 Å². The molecule has 0 aromatic carbocycles. The lowest BCUT2D eigenvalue weighted by Gasteiger charge is -2.08. The molecular weight excluding hydrogens is 162 g/mol. The molecule has 1 rings (SSSR count). The molecule has 0 spiro atoms. The molecule has 3 nitrogen and oxygen atoms in total. The molecule has 13 heavy (non-hydrogen) atoms. The molecule has 1 aromatic rings. The van der Waals surface area contributed by atoms with Gasteiger partial charge in [-0.05, 0) is 18.9 Å². The summed E-state index contributed by atoms with van der Waals surface area (Å²) in [6.07, 6.45) is 3.58. The molecule has 0 aliphatic rings. The van der Waals surface area contributed by atoms with Crippen LogP contribution in [0, 0.1) is 0 Å². The van der Waals surface area contributed by atoms with Gasteiger partial charge in [0.2, 0.25) is 0 Å². The van der Waals surface area contributed by atoms with Gasteiger partial charge in [0.1, 0.15) is 0 Å². The summed E-state index contributed by atoms with van der Waals surface area (Å²) < 4.78 is 1.85. The fourth-order valence-electron chi connectivity index (χ4n) is 1.36. The minimum Gasteiger partial charge on any atom is -0.322 e. The van der Waals surface area contributed by atoms with Gasteiger partial charge in [0.25, 0.3) is 0 Å². The number of rotatable bonds is 4. The standard InChI is InChI=1S/C10H17N3/c1-4-6-9(11)10-7-8(5-2)12-13(10)3/h4,7,9H,1,5-6,11H2,2-3H3. The largest absolute Gasteiger partial charge is 0.322 e. The molecular formula is C10H17N3. The van der Waals surface area contributed by atoms with E-state index >= 15 is 0 Å². The van der Waals surface area contributed by atoms with Gasteiger partial charge in [-0.15, -0.1) is 6.58 Å². The van der Waals surface area contributed by atoms with E-state index in [0.717, 1.165) is 24.2 Å². The molecule has 3 heteroatoms. The monoisotopic (exact) mass is 179 g/mol. The highest BCUT2D eigenvalue weighted by Gasteiger charge is 2.10. The van der Waals surface area contributed by atoms with E-state index in [0.29, 0.717) is 0 Å². The SMILES string of the molecule is C=CCC(N)c1cc(CC)nn1C. The van der Waals surface area contributed by atoms with Crippen LogP contribution in [0.15, 0.2) is 18.7 Å². The van der Waals surface area contributed by atoms with E-state index in [-0.39, 0.29) is 6.04 Å². The third kappa shape index (κ3) is 2.18. The molecule has 0 saturated carbocycles. The summed E-state index contributed by atoms with van der Waals surface area (Å²) in [4.78, 5) is 0. The van der Waals surface area contributed by atoms with Crippen molar-refractivity contribution in [2.75, 3.05) is 0 Å². The molecule has 0 aliphatic carbocycles. The Morgan fingerprint density at radius 3 is 2.92 bits per heavy atom. The van der Waals surface area contributed by atoms with Crippen LogP contribution >= 0.6 is 0 Å². The highest BCUT2D eigenvalue weighted by atomic mass is 15.3. The molecule has 0 amide bonds. The summed E-state index contributed by atoms with van der Waals surface area (Å²) in [5.74, 6) is 0. The fraction of sp³-hybridized carbons (Fsp3) is 0.500. The van der Waals surface area contributed by atoms with Gasteiger partial charge >= 0.3 is 0 Å². The first-order valence-electron chi connectivity index (χ1n) is 4.58. The number of aromatic nitrogens is 2. The van der Waals surface area contributed by atoms with Gasteiger partial charge < -0.3 is 5.73 Å². The van der Waals surface area contributed by atoms with Crippen LogP contribution in [0.4, 0.5) is 0 Å². The van der Waals surface area contributed by atoms with Crippen molar-refractivity contribution in [3.63, 3.8) is 0 Å². The number of nitrogens with zero attached hydrogens (tertiary/aromatic N) is 2. The van der Waals surface area contributed by atoms with E-state index in [1.165, 1.54) is 0 Å². The van der Waals surface area contributed by atoms with Crippen molar-refractivity contribution in [3.05, 3.63) is 30.1 Å². The van der Waals surface area contributed by atoms with Gasteiger partial charge in [-0.1, -0.05) is 13.0 Å². The van der Waals surface area contributed by atoms with Gasteiger partial charge in [-0.3, -0.25) is 4.68 Å². The summed E-state index contributed by atoms with van der Waals surface area (Å²) in [5, 5.41) is 4.33. The molecule has 0 saturated heterocycles. The van der Waals surface area contributed by atoms with Crippen molar-refractivity contribution in [1.29, 1.82) is 0 Å². The van der Waals surface area contributed by atoms with E-state index in [1.54, 1.807) is 0 Å².